The summed E-state index contributed by atoms with van der Waals surface area (Å²) in [6.45, 7) is 7.68. The highest BCUT2D eigenvalue weighted by Crippen LogP contribution is 2.28. The molecular formula is C18H30N2. The summed E-state index contributed by atoms with van der Waals surface area (Å²) >= 11 is 0. The van der Waals surface area contributed by atoms with Crippen LogP contribution in [0.5, 0.6) is 0 Å². The van der Waals surface area contributed by atoms with Crippen LogP contribution in [0.4, 0.5) is 0 Å². The first kappa shape index (κ1) is 15.5. The first-order valence-electron chi connectivity index (χ1n) is 8.20. The summed E-state index contributed by atoms with van der Waals surface area (Å²) < 4.78 is 0. The number of rotatable bonds is 6. The van der Waals surface area contributed by atoms with Crippen molar-refractivity contribution in [2.24, 2.45) is 5.92 Å². The van der Waals surface area contributed by atoms with Crippen molar-refractivity contribution >= 4 is 0 Å². The molecule has 0 bridgehead atoms. The minimum atomic E-state index is 0.760. The molecule has 2 rings (SSSR count). The van der Waals surface area contributed by atoms with Gasteiger partial charge >= 0.3 is 0 Å². The van der Waals surface area contributed by atoms with Crippen LogP contribution >= 0.6 is 0 Å². The van der Waals surface area contributed by atoms with Gasteiger partial charge in [0.2, 0.25) is 0 Å². The molecule has 1 aromatic rings. The minimum Gasteiger partial charge on any atom is -0.313 e. The molecule has 0 amide bonds. The first-order chi connectivity index (χ1) is 9.72. The average molecular weight is 274 g/mol. The molecule has 2 heteroatoms. The van der Waals surface area contributed by atoms with Crippen LogP contribution in [-0.2, 0) is 13.1 Å². The predicted molar refractivity (Wildman–Crippen MR) is 86.7 cm³/mol. The third kappa shape index (κ3) is 4.07. The third-order valence-corrected chi connectivity index (χ3v) is 4.74. The molecule has 1 aromatic carbocycles. The molecule has 0 aliphatic heterocycles. The van der Waals surface area contributed by atoms with E-state index in [-0.39, 0.29) is 0 Å². The second-order valence-corrected chi connectivity index (χ2v) is 6.29. The van der Waals surface area contributed by atoms with Crippen molar-refractivity contribution in [3.8, 4) is 0 Å². The van der Waals surface area contributed by atoms with Gasteiger partial charge in [-0.15, -0.1) is 0 Å². The van der Waals surface area contributed by atoms with Gasteiger partial charge in [-0.3, -0.25) is 4.90 Å². The van der Waals surface area contributed by atoms with E-state index < -0.39 is 0 Å². The lowest BCUT2D eigenvalue weighted by Crippen LogP contribution is -2.38. The van der Waals surface area contributed by atoms with E-state index in [9.17, 15) is 0 Å². The summed E-state index contributed by atoms with van der Waals surface area (Å²) in [5.41, 5.74) is 2.93. The quantitative estimate of drug-likeness (QED) is 0.848. The lowest BCUT2D eigenvalue weighted by atomic mass is 9.85. The first-order valence-corrected chi connectivity index (χ1v) is 8.20. The third-order valence-electron chi connectivity index (χ3n) is 4.74. The maximum atomic E-state index is 3.45. The molecular weight excluding hydrogens is 244 g/mol. The van der Waals surface area contributed by atoms with Crippen LogP contribution in [0.15, 0.2) is 24.3 Å². The van der Waals surface area contributed by atoms with Crippen molar-refractivity contribution in [1.82, 2.24) is 10.2 Å². The van der Waals surface area contributed by atoms with Crippen LogP contribution in [0, 0.1) is 5.92 Å². The highest BCUT2D eigenvalue weighted by atomic mass is 15.1. The Morgan fingerprint density at radius 3 is 2.55 bits per heavy atom. The van der Waals surface area contributed by atoms with Crippen LogP contribution in [-0.4, -0.2) is 24.5 Å². The van der Waals surface area contributed by atoms with E-state index >= 15 is 0 Å². The van der Waals surface area contributed by atoms with Crippen LogP contribution < -0.4 is 5.32 Å². The van der Waals surface area contributed by atoms with Crippen molar-refractivity contribution in [2.45, 2.75) is 58.7 Å². The lowest BCUT2D eigenvalue weighted by molar-refractivity contribution is 0.133. The fourth-order valence-corrected chi connectivity index (χ4v) is 3.48. The molecule has 2 atom stereocenters. The van der Waals surface area contributed by atoms with Gasteiger partial charge in [0.25, 0.3) is 0 Å². The molecule has 1 saturated carbocycles. The number of hydrogen-bond acceptors (Lipinski definition) is 2. The van der Waals surface area contributed by atoms with Gasteiger partial charge in [0.05, 0.1) is 0 Å². The SMILES string of the molecule is CCNCc1ccccc1CN(C)C1CCCCC1C. The van der Waals surface area contributed by atoms with Crippen molar-refractivity contribution < 1.29 is 0 Å². The zero-order chi connectivity index (χ0) is 14.4. The Kier molecular flexibility index (Phi) is 6.06. The maximum absolute atomic E-state index is 3.45. The molecule has 0 heterocycles. The second kappa shape index (κ2) is 7.80. The van der Waals surface area contributed by atoms with Crippen LogP contribution in [0.3, 0.4) is 0 Å². The van der Waals surface area contributed by atoms with Crippen LogP contribution in [0.2, 0.25) is 0 Å². The van der Waals surface area contributed by atoms with Crippen LogP contribution in [0.25, 0.3) is 0 Å². The van der Waals surface area contributed by atoms with Crippen molar-refractivity contribution in [3.63, 3.8) is 0 Å². The van der Waals surface area contributed by atoms with Gasteiger partial charge < -0.3 is 5.32 Å². The normalized spacial score (nSPS) is 23.2. The van der Waals surface area contributed by atoms with Crippen molar-refractivity contribution in [2.75, 3.05) is 13.6 Å². The monoisotopic (exact) mass is 274 g/mol. The Labute approximate surface area is 124 Å². The maximum Gasteiger partial charge on any atom is 0.0236 e. The molecule has 1 aliphatic carbocycles. The molecule has 0 saturated heterocycles. The van der Waals surface area contributed by atoms with Gasteiger partial charge in [0.15, 0.2) is 0 Å². The molecule has 2 nitrogen and oxygen atoms in total. The molecule has 20 heavy (non-hydrogen) atoms. The number of nitrogens with one attached hydrogen (secondary N) is 1. The van der Waals surface area contributed by atoms with Gasteiger partial charge in [0, 0.05) is 19.1 Å². The van der Waals surface area contributed by atoms with E-state index in [1.165, 1.54) is 36.8 Å². The van der Waals surface area contributed by atoms with Gasteiger partial charge in [-0.2, -0.15) is 0 Å². The smallest absolute Gasteiger partial charge is 0.0236 e. The topological polar surface area (TPSA) is 15.3 Å². The molecule has 1 aliphatic rings. The Hall–Kier alpha value is -0.860. The van der Waals surface area contributed by atoms with E-state index in [4.69, 9.17) is 0 Å². The Morgan fingerprint density at radius 1 is 1.15 bits per heavy atom. The summed E-state index contributed by atoms with van der Waals surface area (Å²) in [6, 6.07) is 9.63. The van der Waals surface area contributed by atoms with Gasteiger partial charge in [-0.1, -0.05) is 51.0 Å². The van der Waals surface area contributed by atoms with E-state index in [0.717, 1.165) is 31.6 Å². The zero-order valence-corrected chi connectivity index (χ0v) is 13.4. The van der Waals surface area contributed by atoms with E-state index in [1.807, 2.05) is 0 Å². The van der Waals surface area contributed by atoms with Crippen LogP contribution in [0.1, 0.15) is 50.7 Å². The van der Waals surface area contributed by atoms with E-state index in [1.54, 1.807) is 0 Å². The Morgan fingerprint density at radius 2 is 1.85 bits per heavy atom. The molecule has 0 radical (unpaired) electrons. The molecule has 1 N–H and O–H groups in total. The number of hydrogen-bond donors (Lipinski definition) is 1. The van der Waals surface area contributed by atoms with E-state index in [2.05, 4.69) is 55.4 Å². The van der Waals surface area contributed by atoms with E-state index in [0.29, 0.717) is 0 Å². The summed E-state index contributed by atoms with van der Waals surface area (Å²) in [6.07, 6.45) is 5.59. The number of benzene rings is 1. The Balaban J connectivity index is 2.01. The minimum absolute atomic E-state index is 0.760. The highest BCUT2D eigenvalue weighted by molar-refractivity contribution is 5.27. The van der Waals surface area contributed by atoms with Crippen molar-refractivity contribution in [1.29, 1.82) is 0 Å². The van der Waals surface area contributed by atoms with Gasteiger partial charge in [-0.25, -0.2) is 0 Å². The second-order valence-electron chi connectivity index (χ2n) is 6.29. The predicted octanol–water partition coefficient (Wildman–Crippen LogP) is 3.81. The molecule has 0 aromatic heterocycles. The fourth-order valence-electron chi connectivity index (χ4n) is 3.48. The molecule has 1 fully saturated rings. The number of nitrogens with zero attached hydrogens (tertiary/aromatic N) is 1. The summed E-state index contributed by atoms with van der Waals surface area (Å²) in [5, 5.41) is 3.45. The Bertz CT molecular complexity index is 402. The fraction of sp³-hybridized carbons (Fsp3) is 0.667. The standard InChI is InChI=1S/C18H30N2/c1-4-19-13-16-10-6-7-11-17(16)14-20(3)18-12-8-5-9-15(18)2/h6-7,10-11,15,18-19H,4-5,8-9,12-14H2,1-3H3. The highest BCUT2D eigenvalue weighted by Gasteiger charge is 2.25. The summed E-state index contributed by atoms with van der Waals surface area (Å²) in [4.78, 5) is 2.58. The molecule has 2 unspecified atom stereocenters. The molecule has 112 valence electrons. The van der Waals surface area contributed by atoms with Gasteiger partial charge in [0.1, 0.15) is 0 Å². The van der Waals surface area contributed by atoms with Crippen molar-refractivity contribution in [3.05, 3.63) is 35.4 Å². The average Bonchev–Trinajstić information content (AvgIpc) is 2.46. The lowest BCUT2D eigenvalue weighted by Gasteiger charge is -2.36. The summed E-state index contributed by atoms with van der Waals surface area (Å²) in [7, 11) is 2.30. The van der Waals surface area contributed by atoms with Gasteiger partial charge in [-0.05, 0) is 43.5 Å². The molecule has 0 spiro atoms. The largest absolute Gasteiger partial charge is 0.313 e. The zero-order valence-electron chi connectivity index (χ0n) is 13.4. The summed E-state index contributed by atoms with van der Waals surface area (Å²) in [5.74, 6) is 0.842.